The summed E-state index contributed by atoms with van der Waals surface area (Å²) in [5, 5.41) is 0. The molecule has 1 atom stereocenters. The highest BCUT2D eigenvalue weighted by atomic mass is 15.2. The van der Waals surface area contributed by atoms with Crippen molar-refractivity contribution in [1.29, 1.82) is 0 Å². The van der Waals surface area contributed by atoms with Gasteiger partial charge in [0.1, 0.15) is 11.5 Å². The fourth-order valence-electron chi connectivity index (χ4n) is 3.29. The number of hydrogen-bond acceptors (Lipinski definition) is 5. The molecule has 24 heavy (non-hydrogen) atoms. The van der Waals surface area contributed by atoms with E-state index in [-0.39, 0.29) is 0 Å². The van der Waals surface area contributed by atoms with E-state index in [2.05, 4.69) is 32.8 Å². The fourth-order valence-corrected chi connectivity index (χ4v) is 3.29. The summed E-state index contributed by atoms with van der Waals surface area (Å²) in [6.45, 7) is 3.85. The first-order valence-corrected chi connectivity index (χ1v) is 8.09. The van der Waals surface area contributed by atoms with E-state index >= 15 is 0 Å². The van der Waals surface area contributed by atoms with Crippen molar-refractivity contribution in [1.82, 2.24) is 15.0 Å². The number of aromatic nitrogens is 3. The summed E-state index contributed by atoms with van der Waals surface area (Å²) >= 11 is 0. The molecule has 0 saturated heterocycles. The largest absolute Gasteiger partial charge is 0.382 e. The Morgan fingerprint density at radius 3 is 2.75 bits per heavy atom. The molecule has 1 aromatic carbocycles. The minimum atomic E-state index is 0.345. The number of fused-ring (bicyclic) bond motifs is 1. The van der Waals surface area contributed by atoms with Gasteiger partial charge in [0.05, 0.1) is 6.20 Å². The second-order valence-corrected chi connectivity index (χ2v) is 6.16. The predicted molar refractivity (Wildman–Crippen MR) is 95.6 cm³/mol. The van der Waals surface area contributed by atoms with Crippen LogP contribution >= 0.6 is 0 Å². The second-order valence-electron chi connectivity index (χ2n) is 6.16. The van der Waals surface area contributed by atoms with E-state index in [0.29, 0.717) is 11.7 Å². The Morgan fingerprint density at radius 2 is 1.92 bits per heavy atom. The molecule has 1 unspecified atom stereocenters. The number of rotatable bonds is 2. The molecule has 3 aromatic rings. The zero-order chi connectivity index (χ0) is 16.5. The van der Waals surface area contributed by atoms with Gasteiger partial charge in [-0.05, 0) is 11.6 Å². The van der Waals surface area contributed by atoms with Gasteiger partial charge in [0.15, 0.2) is 5.82 Å². The molecule has 3 heterocycles. The topological polar surface area (TPSA) is 67.9 Å². The van der Waals surface area contributed by atoms with Gasteiger partial charge in [0, 0.05) is 36.5 Å². The van der Waals surface area contributed by atoms with Crippen molar-refractivity contribution in [2.75, 3.05) is 17.2 Å². The highest BCUT2D eigenvalue weighted by molar-refractivity contribution is 5.73. The average Bonchev–Trinajstić information content (AvgIpc) is 2.62. The summed E-state index contributed by atoms with van der Waals surface area (Å²) in [5.41, 5.74) is 10.2. The normalized spacial score (nSPS) is 16.7. The van der Waals surface area contributed by atoms with Crippen molar-refractivity contribution in [3.05, 3.63) is 66.1 Å². The second kappa shape index (κ2) is 5.92. The van der Waals surface area contributed by atoms with Gasteiger partial charge in [-0.25, -0.2) is 9.97 Å². The quantitative estimate of drug-likeness (QED) is 0.786. The van der Waals surface area contributed by atoms with Crippen LogP contribution in [-0.2, 0) is 6.54 Å². The monoisotopic (exact) mass is 317 g/mol. The molecule has 0 saturated carbocycles. The van der Waals surface area contributed by atoms with Gasteiger partial charge in [-0.3, -0.25) is 4.98 Å². The Kier molecular flexibility index (Phi) is 3.61. The molecule has 1 aliphatic heterocycles. The van der Waals surface area contributed by atoms with E-state index in [1.165, 1.54) is 11.3 Å². The number of nitrogens with two attached hydrogens (primary N) is 1. The molecule has 4 rings (SSSR count). The van der Waals surface area contributed by atoms with Gasteiger partial charge in [-0.2, -0.15) is 0 Å². The maximum atomic E-state index is 5.90. The molecule has 2 N–H and O–H groups in total. The predicted octanol–water partition coefficient (Wildman–Crippen LogP) is 3.24. The van der Waals surface area contributed by atoms with Gasteiger partial charge >= 0.3 is 0 Å². The molecule has 0 amide bonds. The van der Waals surface area contributed by atoms with Crippen LogP contribution in [0.15, 0.2) is 54.9 Å². The minimum Gasteiger partial charge on any atom is -0.382 e. The molecule has 0 radical (unpaired) electrons. The number of pyridine rings is 1. The SMILES string of the molecule is CC1CN(c2ncc(N)nc2-c2ccccc2)Cc2cccnc21. The minimum absolute atomic E-state index is 0.345. The molecule has 0 aliphatic carbocycles. The van der Waals surface area contributed by atoms with Crippen molar-refractivity contribution >= 4 is 11.6 Å². The molecule has 2 aromatic heterocycles. The number of benzene rings is 1. The van der Waals surface area contributed by atoms with E-state index < -0.39 is 0 Å². The van der Waals surface area contributed by atoms with Gasteiger partial charge in [-0.15, -0.1) is 0 Å². The molecule has 0 spiro atoms. The van der Waals surface area contributed by atoms with Gasteiger partial charge < -0.3 is 10.6 Å². The summed E-state index contributed by atoms with van der Waals surface area (Å²) < 4.78 is 0. The fraction of sp³-hybridized carbons (Fsp3) is 0.211. The van der Waals surface area contributed by atoms with Crippen LogP contribution in [-0.4, -0.2) is 21.5 Å². The van der Waals surface area contributed by atoms with E-state index in [1.54, 1.807) is 6.20 Å². The molecule has 120 valence electrons. The van der Waals surface area contributed by atoms with E-state index in [4.69, 9.17) is 5.73 Å². The third-order valence-corrected chi connectivity index (χ3v) is 4.37. The summed E-state index contributed by atoms with van der Waals surface area (Å²) in [6, 6.07) is 14.2. The lowest BCUT2D eigenvalue weighted by molar-refractivity contribution is 0.615. The summed E-state index contributed by atoms with van der Waals surface area (Å²) in [6.07, 6.45) is 3.49. The van der Waals surface area contributed by atoms with Crippen LogP contribution in [0.3, 0.4) is 0 Å². The van der Waals surface area contributed by atoms with Crippen LogP contribution in [0.5, 0.6) is 0 Å². The van der Waals surface area contributed by atoms with Crippen molar-refractivity contribution in [3.63, 3.8) is 0 Å². The Balaban J connectivity index is 1.78. The first-order chi connectivity index (χ1) is 11.7. The van der Waals surface area contributed by atoms with E-state index in [0.717, 1.165) is 30.2 Å². The number of nitrogens with zero attached hydrogens (tertiary/aromatic N) is 4. The Hall–Kier alpha value is -2.95. The molecule has 5 nitrogen and oxygen atoms in total. The third-order valence-electron chi connectivity index (χ3n) is 4.37. The summed E-state index contributed by atoms with van der Waals surface area (Å²) in [5.74, 6) is 1.65. The molecule has 5 heteroatoms. The lowest BCUT2D eigenvalue weighted by Crippen LogP contribution is -2.34. The lowest BCUT2D eigenvalue weighted by atomic mass is 9.96. The first kappa shape index (κ1) is 14.6. The third kappa shape index (κ3) is 2.58. The van der Waals surface area contributed by atoms with Gasteiger partial charge in [-0.1, -0.05) is 43.3 Å². The van der Waals surface area contributed by atoms with Crippen LogP contribution in [0.2, 0.25) is 0 Å². The maximum Gasteiger partial charge on any atom is 0.155 e. The van der Waals surface area contributed by atoms with E-state index in [9.17, 15) is 0 Å². The van der Waals surface area contributed by atoms with Crippen LogP contribution in [0.4, 0.5) is 11.6 Å². The summed E-state index contributed by atoms with van der Waals surface area (Å²) in [4.78, 5) is 16.0. The molecule has 1 aliphatic rings. The molecule has 0 bridgehead atoms. The Morgan fingerprint density at radius 1 is 1.08 bits per heavy atom. The Bertz CT molecular complexity index is 863. The summed E-state index contributed by atoms with van der Waals surface area (Å²) in [7, 11) is 0. The van der Waals surface area contributed by atoms with E-state index in [1.807, 2.05) is 42.6 Å². The number of hydrogen-bond donors (Lipinski definition) is 1. The van der Waals surface area contributed by atoms with Crippen LogP contribution < -0.4 is 10.6 Å². The van der Waals surface area contributed by atoms with Crippen LogP contribution in [0, 0.1) is 0 Å². The number of anilines is 2. The number of nitrogen functional groups attached to an aromatic ring is 1. The van der Waals surface area contributed by atoms with Crippen molar-refractivity contribution in [3.8, 4) is 11.3 Å². The molecular formula is C19H19N5. The van der Waals surface area contributed by atoms with Crippen LogP contribution in [0.25, 0.3) is 11.3 Å². The highest BCUT2D eigenvalue weighted by Gasteiger charge is 2.26. The Labute approximate surface area is 141 Å². The van der Waals surface area contributed by atoms with Crippen molar-refractivity contribution < 1.29 is 0 Å². The van der Waals surface area contributed by atoms with Crippen molar-refractivity contribution in [2.24, 2.45) is 0 Å². The van der Waals surface area contributed by atoms with Crippen molar-refractivity contribution in [2.45, 2.75) is 19.4 Å². The molecular weight excluding hydrogens is 298 g/mol. The molecule has 0 fully saturated rings. The zero-order valence-corrected chi connectivity index (χ0v) is 13.6. The zero-order valence-electron chi connectivity index (χ0n) is 13.6. The smallest absolute Gasteiger partial charge is 0.155 e. The van der Waals surface area contributed by atoms with Gasteiger partial charge in [0.25, 0.3) is 0 Å². The van der Waals surface area contributed by atoms with Gasteiger partial charge in [0.2, 0.25) is 0 Å². The maximum absolute atomic E-state index is 5.90. The first-order valence-electron chi connectivity index (χ1n) is 8.09. The standard InChI is InChI=1S/C19H19N5/c1-13-11-24(12-15-8-5-9-21-17(13)15)19-18(23-16(20)10-22-19)14-6-3-2-4-7-14/h2-10,13H,11-12H2,1H3,(H2,20,23). The lowest BCUT2D eigenvalue weighted by Gasteiger charge is -2.33. The highest BCUT2D eigenvalue weighted by Crippen LogP contribution is 2.34. The average molecular weight is 317 g/mol. The van der Waals surface area contributed by atoms with Crippen LogP contribution in [0.1, 0.15) is 24.1 Å².